The van der Waals surface area contributed by atoms with Gasteiger partial charge in [-0.2, -0.15) is 0 Å². The third-order valence-electron chi connectivity index (χ3n) is 0.167. The molecule has 0 aliphatic rings. The van der Waals surface area contributed by atoms with Gasteiger partial charge in [0.1, 0.15) is 0 Å². The van der Waals surface area contributed by atoms with Crippen molar-refractivity contribution in [2.24, 2.45) is 0 Å². The van der Waals surface area contributed by atoms with Crippen LogP contribution in [-0.4, -0.2) is 0 Å². The Morgan fingerprint density at radius 1 is 0.800 bits per heavy atom. The summed E-state index contributed by atoms with van der Waals surface area (Å²) >= 11 is 0. The maximum Gasteiger partial charge on any atom is 2.00 e. The van der Waals surface area contributed by atoms with E-state index in [0.29, 0.717) is 0 Å². The SMILES string of the molecule is [CH2-]C=C[CH2-].[CH3-].[CH3-].[U+2].[U].[W].[W]. The molecule has 0 saturated heterocycles. The Morgan fingerprint density at radius 3 is 0.900 bits per heavy atom. The van der Waals surface area contributed by atoms with Crippen LogP contribution in [0.1, 0.15) is 0 Å². The zero-order valence-electron chi connectivity index (χ0n) is 6.39. The second-order valence-electron chi connectivity index (χ2n) is 0.471. The van der Waals surface area contributed by atoms with Gasteiger partial charge in [-0.05, 0) is 0 Å². The van der Waals surface area contributed by atoms with E-state index in [4.69, 9.17) is 0 Å². The Hall–Kier alpha value is 2.96. The summed E-state index contributed by atoms with van der Waals surface area (Å²) in [5.41, 5.74) is 0. The standard InChI is InChI=1S/C4H6.2CH3.2U.2W/c1-3-4-2;;;;;;/h3-4H,1-2H2;2*1H3;;;;/q-2;2*-1;;+2;;. The Kier molecular flexibility index (Phi) is 305. The molecule has 0 aromatic carbocycles. The van der Waals surface area contributed by atoms with Gasteiger partial charge < -0.3 is 40.9 Å². The van der Waals surface area contributed by atoms with Crippen LogP contribution in [0.4, 0.5) is 0 Å². The fourth-order valence-electron chi connectivity index (χ4n) is 0. The quantitative estimate of drug-likeness (QED) is 0.328. The predicted molar refractivity (Wildman–Crippen MR) is 32.7 cm³/mol. The molecular weight excluding hydrogens is 916 g/mol. The second kappa shape index (κ2) is 58.4. The van der Waals surface area contributed by atoms with Crippen LogP contribution < -0.4 is 0 Å². The van der Waals surface area contributed by atoms with E-state index >= 15 is 0 Å². The fraction of sp³-hybridized carbons (Fsp3) is 0. The van der Waals surface area contributed by atoms with Crippen molar-refractivity contribution < 1.29 is 104 Å². The van der Waals surface area contributed by atoms with Crippen molar-refractivity contribution >= 4 is 0 Å². The first-order chi connectivity index (χ1) is 1.91. The van der Waals surface area contributed by atoms with Gasteiger partial charge in [-0.3, -0.25) is 0 Å². The van der Waals surface area contributed by atoms with Crippen LogP contribution in [0.5, 0.6) is 0 Å². The Bertz CT molecular complexity index is 28.9. The molecule has 0 aromatic rings. The molecule has 0 rings (SSSR count). The van der Waals surface area contributed by atoms with Crippen LogP contribution in [-0.2, 0) is 42.1 Å². The Morgan fingerprint density at radius 2 is 0.900 bits per heavy atom. The average Bonchev–Trinajstić information content (AvgIpc) is 1.37. The van der Waals surface area contributed by atoms with Crippen molar-refractivity contribution in [3.8, 4) is 0 Å². The maximum absolute atomic E-state index is 3.36. The molecule has 0 heterocycles. The number of hydrogen-bond donors (Lipinski definition) is 0. The maximum atomic E-state index is 3.36. The van der Waals surface area contributed by atoms with E-state index in [1.165, 1.54) is 0 Å². The van der Waals surface area contributed by atoms with Crippen molar-refractivity contribution in [1.29, 1.82) is 0 Å². The minimum atomic E-state index is 0. The van der Waals surface area contributed by atoms with Crippen molar-refractivity contribution in [2.75, 3.05) is 0 Å². The fourth-order valence-corrected chi connectivity index (χ4v) is 0. The first-order valence-corrected chi connectivity index (χ1v) is 1.15. The molecule has 0 aliphatic carbocycles. The molecule has 0 unspecified atom stereocenters. The Labute approximate surface area is 142 Å². The van der Waals surface area contributed by atoms with Gasteiger partial charge >= 0.3 is 31.1 Å². The van der Waals surface area contributed by atoms with Crippen LogP contribution in [0.3, 0.4) is 0 Å². The van der Waals surface area contributed by atoms with Crippen LogP contribution in [0.15, 0.2) is 12.2 Å². The first kappa shape index (κ1) is 52.2. The van der Waals surface area contributed by atoms with E-state index in [1.54, 1.807) is 12.2 Å². The summed E-state index contributed by atoms with van der Waals surface area (Å²) in [6, 6.07) is 0. The molecule has 0 aliphatic heterocycles. The molecule has 0 saturated carbocycles. The van der Waals surface area contributed by atoms with Gasteiger partial charge in [0.05, 0.1) is 0 Å². The molecule has 4 heteroatoms. The molecule has 0 spiro atoms. The zero-order chi connectivity index (χ0) is 3.41. The summed E-state index contributed by atoms with van der Waals surface area (Å²) in [5, 5.41) is 0. The van der Waals surface area contributed by atoms with Crippen molar-refractivity contribution in [3.05, 3.63) is 40.9 Å². The van der Waals surface area contributed by atoms with E-state index in [9.17, 15) is 0 Å². The van der Waals surface area contributed by atoms with Crippen molar-refractivity contribution in [3.63, 3.8) is 0 Å². The Balaban J connectivity index is -0.00000000300. The topological polar surface area (TPSA) is 0 Å². The van der Waals surface area contributed by atoms with Gasteiger partial charge in [-0.1, -0.05) is 0 Å². The summed E-state index contributed by atoms with van der Waals surface area (Å²) in [6.45, 7) is 6.72. The van der Waals surface area contributed by atoms with Gasteiger partial charge in [-0.15, -0.1) is 0 Å². The third kappa shape index (κ3) is 69.3. The summed E-state index contributed by atoms with van der Waals surface area (Å²) in [4.78, 5) is 0. The molecule has 0 N–H and O–H groups in total. The van der Waals surface area contributed by atoms with Gasteiger partial charge in [0.15, 0.2) is 0 Å². The minimum absolute atomic E-state index is 0. The van der Waals surface area contributed by atoms with E-state index in [0.717, 1.165) is 0 Å². The number of rotatable bonds is 0. The molecule has 10 heavy (non-hydrogen) atoms. The zero-order valence-corrected chi connectivity index (χ0v) is 20.6. The number of allylic oxidation sites excluding steroid dienone is 2. The number of hydrogen-bond acceptors (Lipinski definition) is 0. The smallest absolute Gasteiger partial charge is 0.382 e. The summed E-state index contributed by atoms with van der Waals surface area (Å²) in [5.74, 6) is 0. The van der Waals surface area contributed by atoms with E-state index in [-0.39, 0.29) is 119 Å². The van der Waals surface area contributed by atoms with E-state index in [2.05, 4.69) is 13.8 Å². The predicted octanol–water partition coefficient (Wildman–Crippen LogP) is 2.11. The van der Waals surface area contributed by atoms with Crippen LogP contribution in [0.25, 0.3) is 0 Å². The average molecular weight is 928 g/mol. The van der Waals surface area contributed by atoms with Crippen LogP contribution in [0.2, 0.25) is 0 Å². The molecule has 58 valence electrons. The second-order valence-corrected chi connectivity index (χ2v) is 0.471. The molecule has 0 radical (unpaired) electrons. The van der Waals surface area contributed by atoms with Gasteiger partial charge in [0.2, 0.25) is 0 Å². The molecule has 0 amide bonds. The molecule has 0 fully saturated rings. The molecule has 0 aromatic heterocycles. The van der Waals surface area contributed by atoms with Crippen LogP contribution in [0, 0.1) is 90.9 Å². The normalized spacial score (nSPS) is 3.60. The van der Waals surface area contributed by atoms with E-state index < -0.39 is 0 Å². The summed E-state index contributed by atoms with van der Waals surface area (Å²) < 4.78 is 0. The summed E-state index contributed by atoms with van der Waals surface area (Å²) in [7, 11) is 0. The van der Waals surface area contributed by atoms with Gasteiger partial charge in [-0.25, -0.2) is 0 Å². The monoisotopic (exact) mass is 928 g/mol. The van der Waals surface area contributed by atoms with Gasteiger partial charge in [0.25, 0.3) is 0 Å². The molecular formula is C6H12U2W2-2. The van der Waals surface area contributed by atoms with Crippen LogP contribution >= 0.6 is 0 Å². The van der Waals surface area contributed by atoms with E-state index in [1.807, 2.05) is 0 Å². The molecule has 0 atom stereocenters. The summed E-state index contributed by atoms with van der Waals surface area (Å²) in [6.07, 6.45) is 3.28. The van der Waals surface area contributed by atoms with Gasteiger partial charge in [0, 0.05) is 73.2 Å². The van der Waals surface area contributed by atoms with Crippen molar-refractivity contribution in [1.82, 2.24) is 0 Å². The molecule has 0 bridgehead atoms. The molecule has 0 nitrogen and oxygen atoms in total. The van der Waals surface area contributed by atoms with Crippen molar-refractivity contribution in [2.45, 2.75) is 0 Å². The minimum Gasteiger partial charge on any atom is -0.382 e. The third-order valence-corrected chi connectivity index (χ3v) is 0.167. The largest absolute Gasteiger partial charge is 2.00 e. The first-order valence-electron chi connectivity index (χ1n) is 1.15.